The van der Waals surface area contributed by atoms with E-state index in [1.54, 1.807) is 0 Å². The summed E-state index contributed by atoms with van der Waals surface area (Å²) in [6.07, 6.45) is 0. The number of allylic oxidation sites excluding steroid dienone is 10. The minimum Gasteiger partial charge on any atom is -0.126 e. The zero-order valence-corrected chi connectivity index (χ0v) is 27.2. The Bertz CT molecular complexity index is 1210. The van der Waals surface area contributed by atoms with Gasteiger partial charge in [-0.2, -0.15) is 0 Å². The highest BCUT2D eigenvalue weighted by Crippen LogP contribution is 2.37. The van der Waals surface area contributed by atoms with Gasteiger partial charge in [-0.3, -0.25) is 0 Å². The van der Waals surface area contributed by atoms with Gasteiger partial charge in [-0.1, -0.05) is 97.1 Å². The van der Waals surface area contributed by atoms with Crippen molar-refractivity contribution in [3.05, 3.63) is 55.7 Å². The topological polar surface area (TPSA) is 0 Å². The third-order valence-electron chi connectivity index (χ3n) is 7.28. The molecule has 0 aliphatic heterocycles. The van der Waals surface area contributed by atoms with Crippen molar-refractivity contribution in [2.45, 2.75) is 94.7 Å². The number of hydrogen-bond acceptors (Lipinski definition) is 0. The maximum absolute atomic E-state index is 3.56. The molecule has 0 aromatic carbocycles. The maximum Gasteiger partial charge on any atom is 0.129 e. The average molecular weight is 509 g/mol. The Hall–Kier alpha value is -2.63. The molecule has 0 radical (unpaired) electrons. The van der Waals surface area contributed by atoms with Crippen molar-refractivity contribution in [1.29, 1.82) is 0 Å². The molecule has 0 fully saturated rings. The third kappa shape index (κ3) is 7.21. The molecule has 0 aromatic heterocycles. The molecule has 2 aliphatic carbocycles. The van der Waals surface area contributed by atoms with Crippen LogP contribution in [0.5, 0.6) is 0 Å². The first kappa shape index (κ1) is 29.6. The molecule has 0 heterocycles. The van der Waals surface area contributed by atoms with Crippen LogP contribution in [0, 0.1) is 58.4 Å². The first-order chi connectivity index (χ1) is 16.4. The molecule has 0 aromatic rings. The zero-order chi connectivity index (χ0) is 27.6. The Balaban J connectivity index is 2.80. The van der Waals surface area contributed by atoms with Gasteiger partial charge in [0.1, 0.15) is 16.1 Å². The summed E-state index contributed by atoms with van der Waals surface area (Å²) in [6, 6.07) is 0. The molecular weight excluding hydrogens is 465 g/mol. The predicted octanol–water partition coefficient (Wildman–Crippen LogP) is 8.66. The van der Waals surface area contributed by atoms with E-state index in [-0.39, 0.29) is 11.8 Å². The van der Waals surface area contributed by atoms with Crippen LogP contribution in [-0.2, 0) is 0 Å². The Labute approximate surface area is 224 Å². The molecule has 0 N–H and O–H groups in total. The minimum atomic E-state index is -1.61. The van der Waals surface area contributed by atoms with Crippen LogP contribution in [0.15, 0.2) is 55.7 Å². The fourth-order valence-electron chi connectivity index (χ4n) is 4.23. The molecule has 0 spiro atoms. The SMILES string of the molecule is CC1=C(C)C(C#C/C(C#C[Si](C)(C)C)=C(\C#CC2C(C)=C(C)C(C)=C2C)C#C[Si](C)(C)C)C(C)=C1C. The zero-order valence-electron chi connectivity index (χ0n) is 25.2. The largest absolute Gasteiger partial charge is 0.129 e. The molecule has 188 valence electrons. The van der Waals surface area contributed by atoms with E-state index < -0.39 is 16.1 Å². The number of hydrogen-bond donors (Lipinski definition) is 0. The molecule has 0 unspecified atom stereocenters. The van der Waals surface area contributed by atoms with Gasteiger partial charge in [-0.25, -0.2) is 0 Å². The van der Waals surface area contributed by atoms with Crippen molar-refractivity contribution in [2.75, 3.05) is 0 Å². The Morgan fingerprint density at radius 3 is 0.917 bits per heavy atom. The van der Waals surface area contributed by atoms with Gasteiger partial charge in [-0.15, -0.1) is 11.1 Å². The summed E-state index contributed by atoms with van der Waals surface area (Å²) in [7, 11) is -3.22. The Morgan fingerprint density at radius 1 is 0.444 bits per heavy atom. The van der Waals surface area contributed by atoms with Crippen molar-refractivity contribution in [3.63, 3.8) is 0 Å². The van der Waals surface area contributed by atoms with E-state index in [0.717, 1.165) is 11.1 Å². The second-order valence-corrected chi connectivity index (χ2v) is 21.9. The molecule has 0 nitrogen and oxygen atoms in total. The van der Waals surface area contributed by atoms with Gasteiger partial charge in [0, 0.05) is 0 Å². The van der Waals surface area contributed by atoms with E-state index in [1.807, 2.05) is 0 Å². The van der Waals surface area contributed by atoms with Gasteiger partial charge in [0.15, 0.2) is 0 Å². The van der Waals surface area contributed by atoms with E-state index in [1.165, 1.54) is 44.6 Å². The molecule has 2 rings (SSSR count). The van der Waals surface area contributed by atoms with Gasteiger partial charge in [0.25, 0.3) is 0 Å². The average Bonchev–Trinajstić information content (AvgIpc) is 3.07. The van der Waals surface area contributed by atoms with Gasteiger partial charge < -0.3 is 0 Å². The lowest BCUT2D eigenvalue weighted by Crippen LogP contribution is -2.17. The van der Waals surface area contributed by atoms with Crippen molar-refractivity contribution in [3.8, 4) is 46.6 Å². The fourth-order valence-corrected chi connectivity index (χ4v) is 5.23. The van der Waals surface area contributed by atoms with Crippen LogP contribution in [-0.4, -0.2) is 16.1 Å². The van der Waals surface area contributed by atoms with Gasteiger partial charge in [0.2, 0.25) is 0 Å². The second-order valence-electron chi connectivity index (χ2n) is 12.4. The molecule has 0 saturated carbocycles. The van der Waals surface area contributed by atoms with Crippen LogP contribution in [0.4, 0.5) is 0 Å². The Kier molecular flexibility index (Phi) is 9.20. The van der Waals surface area contributed by atoms with E-state index in [9.17, 15) is 0 Å². The summed E-state index contributed by atoms with van der Waals surface area (Å²) in [6.45, 7) is 31.2. The standard InChI is InChI=1S/C34H44Si2/c1-23-24(2)28(6)33(27(23)5)17-15-31(19-21-35(9,10)11)32(20-22-36(12,13)14)16-18-34-29(7)25(3)26(4)30(34)8/h33-34H,1-14H3/b32-31-. The summed E-state index contributed by atoms with van der Waals surface area (Å²) in [5.74, 6) is 21.3. The van der Waals surface area contributed by atoms with Crippen molar-refractivity contribution in [2.24, 2.45) is 11.8 Å². The molecule has 2 aliphatic rings. The van der Waals surface area contributed by atoms with Crippen molar-refractivity contribution >= 4 is 16.1 Å². The van der Waals surface area contributed by atoms with Crippen LogP contribution in [0.2, 0.25) is 39.3 Å². The van der Waals surface area contributed by atoms with E-state index in [4.69, 9.17) is 0 Å². The fraction of sp³-hybridized carbons (Fsp3) is 0.471. The van der Waals surface area contributed by atoms with Gasteiger partial charge in [0.05, 0.1) is 23.0 Å². The molecule has 0 atom stereocenters. The van der Waals surface area contributed by atoms with Crippen LogP contribution in [0.1, 0.15) is 55.4 Å². The van der Waals surface area contributed by atoms with Crippen LogP contribution < -0.4 is 0 Å². The third-order valence-corrected chi connectivity index (χ3v) is 9.03. The summed E-state index contributed by atoms with van der Waals surface area (Å²) < 4.78 is 0. The predicted molar refractivity (Wildman–Crippen MR) is 165 cm³/mol. The second kappa shape index (κ2) is 11.2. The summed E-state index contributed by atoms with van der Waals surface area (Å²) in [5, 5.41) is 0. The van der Waals surface area contributed by atoms with Crippen LogP contribution in [0.3, 0.4) is 0 Å². The summed E-state index contributed by atoms with van der Waals surface area (Å²) >= 11 is 0. The molecule has 36 heavy (non-hydrogen) atoms. The maximum atomic E-state index is 3.56. The molecule has 2 heteroatoms. The van der Waals surface area contributed by atoms with E-state index >= 15 is 0 Å². The van der Waals surface area contributed by atoms with Crippen LogP contribution in [0.25, 0.3) is 0 Å². The van der Waals surface area contributed by atoms with Crippen molar-refractivity contribution in [1.82, 2.24) is 0 Å². The first-order valence-corrected chi connectivity index (χ1v) is 20.0. The molecular formula is C34H44Si2. The summed E-state index contributed by atoms with van der Waals surface area (Å²) in [4.78, 5) is 0. The lowest BCUT2D eigenvalue weighted by atomic mass is 9.96. The smallest absolute Gasteiger partial charge is 0.126 e. The van der Waals surface area contributed by atoms with Gasteiger partial charge >= 0.3 is 0 Å². The van der Waals surface area contributed by atoms with Crippen LogP contribution >= 0.6 is 0 Å². The highest BCUT2D eigenvalue weighted by Gasteiger charge is 2.23. The van der Waals surface area contributed by atoms with E-state index in [2.05, 4.69) is 141 Å². The van der Waals surface area contributed by atoms with Crippen molar-refractivity contribution < 1.29 is 0 Å². The number of rotatable bonds is 0. The molecule has 0 bridgehead atoms. The summed E-state index contributed by atoms with van der Waals surface area (Å²) in [5.41, 5.74) is 19.5. The highest BCUT2D eigenvalue weighted by atomic mass is 28.3. The molecule has 0 saturated heterocycles. The monoisotopic (exact) mass is 508 g/mol. The van der Waals surface area contributed by atoms with Gasteiger partial charge in [-0.05, 0) is 77.7 Å². The lowest BCUT2D eigenvalue weighted by Gasteiger charge is -2.08. The first-order valence-electron chi connectivity index (χ1n) is 13.0. The normalized spacial score (nSPS) is 17.7. The lowest BCUT2D eigenvalue weighted by molar-refractivity contribution is 0.942. The van der Waals surface area contributed by atoms with E-state index in [0.29, 0.717) is 0 Å². The Morgan fingerprint density at radius 2 is 0.694 bits per heavy atom. The minimum absolute atomic E-state index is 0.142. The quantitative estimate of drug-likeness (QED) is 0.227. The molecule has 0 amide bonds. The highest BCUT2D eigenvalue weighted by molar-refractivity contribution is 6.84.